The number of dihydropyridines is 1. The number of non-ortho nitro benzene ring substituents is 1. The third kappa shape index (κ3) is 6.09. The van der Waals surface area contributed by atoms with Gasteiger partial charge in [-0.05, 0) is 31.5 Å². The number of piperazine rings is 1. The van der Waals surface area contributed by atoms with Gasteiger partial charge in [0.25, 0.3) is 5.69 Å². The first-order valence-corrected chi connectivity index (χ1v) is 13.0. The molecule has 1 atom stereocenters. The van der Waals surface area contributed by atoms with Crippen molar-refractivity contribution in [3.63, 3.8) is 0 Å². The molecular formula is C29H34N4O7. The number of ether oxygens (including phenoxy) is 3. The minimum absolute atomic E-state index is 0.143. The smallest absolute Gasteiger partial charge is 0.336 e. The Morgan fingerprint density at radius 1 is 0.975 bits per heavy atom. The zero-order chi connectivity index (χ0) is 28.8. The van der Waals surface area contributed by atoms with Crippen LogP contribution in [0.15, 0.2) is 71.1 Å². The van der Waals surface area contributed by atoms with Crippen LogP contribution >= 0.6 is 0 Å². The molecule has 0 aliphatic carbocycles. The highest BCUT2D eigenvalue weighted by molar-refractivity contribution is 5.99. The van der Waals surface area contributed by atoms with Gasteiger partial charge in [0.1, 0.15) is 12.4 Å². The number of carbonyl (C=O) groups excluding carboxylic acids is 2. The van der Waals surface area contributed by atoms with Gasteiger partial charge in [-0.1, -0.05) is 24.3 Å². The molecule has 212 valence electrons. The van der Waals surface area contributed by atoms with Gasteiger partial charge in [-0.3, -0.25) is 15.0 Å². The summed E-state index contributed by atoms with van der Waals surface area (Å²) < 4.78 is 16.2. The number of carbonyl (C=O) groups is 2. The third-order valence-electron chi connectivity index (χ3n) is 7.24. The summed E-state index contributed by atoms with van der Waals surface area (Å²) in [4.78, 5) is 41.7. The molecule has 0 saturated carbocycles. The molecule has 1 saturated heterocycles. The monoisotopic (exact) mass is 550 g/mol. The minimum atomic E-state index is -0.884. The van der Waals surface area contributed by atoms with Crippen LogP contribution in [0, 0.1) is 10.1 Å². The number of nitrogens with one attached hydrogen (secondary N) is 1. The summed E-state index contributed by atoms with van der Waals surface area (Å²) in [6, 6.07) is 13.8. The summed E-state index contributed by atoms with van der Waals surface area (Å²) in [5.74, 6) is -1.27. The van der Waals surface area contributed by atoms with Gasteiger partial charge >= 0.3 is 11.9 Å². The number of anilines is 1. The summed E-state index contributed by atoms with van der Waals surface area (Å²) in [6.45, 7) is 7.33. The molecule has 0 spiro atoms. The molecule has 2 aromatic carbocycles. The maximum Gasteiger partial charge on any atom is 0.336 e. The Hall–Kier alpha value is -4.38. The molecule has 1 N–H and O–H groups in total. The normalized spacial score (nSPS) is 17.8. The van der Waals surface area contributed by atoms with E-state index in [0.717, 1.165) is 37.6 Å². The number of esters is 2. The lowest BCUT2D eigenvalue weighted by molar-refractivity contribution is -0.384. The molecule has 2 heterocycles. The Balaban J connectivity index is 1.45. The predicted octanol–water partition coefficient (Wildman–Crippen LogP) is 3.38. The van der Waals surface area contributed by atoms with Crippen LogP contribution < -0.4 is 15.0 Å². The van der Waals surface area contributed by atoms with Crippen LogP contribution in [0.2, 0.25) is 0 Å². The maximum absolute atomic E-state index is 13.5. The summed E-state index contributed by atoms with van der Waals surface area (Å²) in [5, 5.41) is 14.5. The highest BCUT2D eigenvalue weighted by Gasteiger charge is 2.38. The number of benzene rings is 2. The zero-order valence-electron chi connectivity index (χ0n) is 23.1. The van der Waals surface area contributed by atoms with Crippen molar-refractivity contribution in [2.24, 2.45) is 0 Å². The molecule has 0 amide bonds. The van der Waals surface area contributed by atoms with E-state index in [2.05, 4.69) is 15.1 Å². The average molecular weight is 551 g/mol. The molecule has 1 unspecified atom stereocenters. The van der Waals surface area contributed by atoms with E-state index in [4.69, 9.17) is 14.2 Å². The number of rotatable bonds is 9. The van der Waals surface area contributed by atoms with Gasteiger partial charge in [-0.15, -0.1) is 0 Å². The van der Waals surface area contributed by atoms with Crippen molar-refractivity contribution in [3.8, 4) is 5.75 Å². The second-order valence-corrected chi connectivity index (χ2v) is 9.62. The van der Waals surface area contributed by atoms with Crippen LogP contribution in [0.5, 0.6) is 5.75 Å². The van der Waals surface area contributed by atoms with Crippen LogP contribution in [-0.2, 0) is 19.1 Å². The Kier molecular flexibility index (Phi) is 9.05. The fraction of sp³-hybridized carbons (Fsp3) is 0.379. The van der Waals surface area contributed by atoms with Crippen molar-refractivity contribution in [1.29, 1.82) is 0 Å². The number of hydrogen-bond acceptors (Lipinski definition) is 10. The van der Waals surface area contributed by atoms with E-state index in [1.807, 2.05) is 24.3 Å². The minimum Gasteiger partial charge on any atom is -0.495 e. The highest BCUT2D eigenvalue weighted by atomic mass is 16.6. The molecule has 4 rings (SSSR count). The van der Waals surface area contributed by atoms with Crippen molar-refractivity contribution in [2.45, 2.75) is 19.8 Å². The number of nitro benzene ring substituents is 1. The lowest BCUT2D eigenvalue weighted by Crippen LogP contribution is -2.47. The molecule has 2 aromatic rings. The molecule has 2 aliphatic rings. The fourth-order valence-corrected chi connectivity index (χ4v) is 5.24. The Labute approximate surface area is 233 Å². The average Bonchev–Trinajstić information content (AvgIpc) is 2.96. The van der Waals surface area contributed by atoms with Gasteiger partial charge in [0.2, 0.25) is 0 Å². The molecule has 2 aliphatic heterocycles. The van der Waals surface area contributed by atoms with Crippen molar-refractivity contribution < 1.29 is 28.7 Å². The third-order valence-corrected chi connectivity index (χ3v) is 7.24. The fourth-order valence-electron chi connectivity index (χ4n) is 5.24. The van der Waals surface area contributed by atoms with Crippen LogP contribution in [0.3, 0.4) is 0 Å². The van der Waals surface area contributed by atoms with E-state index < -0.39 is 22.8 Å². The van der Waals surface area contributed by atoms with Gasteiger partial charge < -0.3 is 24.4 Å². The number of allylic oxidation sites excluding steroid dienone is 2. The molecule has 0 radical (unpaired) electrons. The topological polar surface area (TPSA) is 123 Å². The molecule has 0 aromatic heterocycles. The van der Waals surface area contributed by atoms with Gasteiger partial charge in [-0.2, -0.15) is 0 Å². The molecular weight excluding hydrogens is 516 g/mol. The Morgan fingerprint density at radius 2 is 1.65 bits per heavy atom. The SMILES string of the molecule is COC(=O)C1=C(C)NC(C)=C(C(=O)OCCN2CCN(c3ccccc3OC)CC2)C1c1cccc([N+](=O)[O-])c1. The highest BCUT2D eigenvalue weighted by Crippen LogP contribution is 2.40. The van der Waals surface area contributed by atoms with Crippen LogP contribution in [0.1, 0.15) is 25.3 Å². The van der Waals surface area contributed by atoms with E-state index in [1.54, 1.807) is 27.0 Å². The van der Waals surface area contributed by atoms with Crippen molar-refractivity contribution in [1.82, 2.24) is 10.2 Å². The second kappa shape index (κ2) is 12.6. The van der Waals surface area contributed by atoms with Gasteiger partial charge in [0, 0.05) is 56.3 Å². The molecule has 0 bridgehead atoms. The number of para-hydroxylation sites is 2. The van der Waals surface area contributed by atoms with Crippen molar-refractivity contribution in [3.05, 3.63) is 86.7 Å². The van der Waals surface area contributed by atoms with Crippen molar-refractivity contribution >= 4 is 23.3 Å². The number of nitro groups is 1. The number of nitrogens with zero attached hydrogens (tertiary/aromatic N) is 3. The first-order chi connectivity index (χ1) is 19.2. The quantitative estimate of drug-likeness (QED) is 0.282. The summed E-state index contributed by atoms with van der Waals surface area (Å²) in [6.07, 6.45) is 0. The van der Waals surface area contributed by atoms with Gasteiger partial charge in [-0.25, -0.2) is 9.59 Å². The molecule has 1 fully saturated rings. The zero-order valence-corrected chi connectivity index (χ0v) is 23.1. The summed E-state index contributed by atoms with van der Waals surface area (Å²) in [5.41, 5.74) is 2.77. The first-order valence-electron chi connectivity index (χ1n) is 13.0. The van der Waals surface area contributed by atoms with E-state index in [9.17, 15) is 19.7 Å². The summed E-state index contributed by atoms with van der Waals surface area (Å²) in [7, 11) is 2.92. The largest absolute Gasteiger partial charge is 0.495 e. The van der Waals surface area contributed by atoms with Gasteiger partial charge in [0.15, 0.2) is 0 Å². The Bertz CT molecular complexity index is 1350. The lowest BCUT2D eigenvalue weighted by atomic mass is 9.80. The number of hydrogen-bond donors (Lipinski definition) is 1. The first kappa shape index (κ1) is 28.6. The molecule has 40 heavy (non-hydrogen) atoms. The molecule has 11 heteroatoms. The van der Waals surface area contributed by atoms with Crippen LogP contribution in [0.4, 0.5) is 11.4 Å². The van der Waals surface area contributed by atoms with Crippen LogP contribution in [-0.4, -0.2) is 75.3 Å². The van der Waals surface area contributed by atoms with Crippen LogP contribution in [0.25, 0.3) is 0 Å². The summed E-state index contributed by atoms with van der Waals surface area (Å²) >= 11 is 0. The van der Waals surface area contributed by atoms with E-state index in [0.29, 0.717) is 23.5 Å². The van der Waals surface area contributed by atoms with Gasteiger partial charge in [0.05, 0.1) is 41.9 Å². The number of methoxy groups -OCH3 is 2. The maximum atomic E-state index is 13.5. The predicted molar refractivity (Wildman–Crippen MR) is 149 cm³/mol. The van der Waals surface area contributed by atoms with E-state index in [1.165, 1.54) is 25.3 Å². The Morgan fingerprint density at radius 3 is 2.30 bits per heavy atom. The lowest BCUT2D eigenvalue weighted by Gasteiger charge is -2.36. The second-order valence-electron chi connectivity index (χ2n) is 9.62. The standard InChI is InChI=1S/C29H34N4O7/c1-19-25(28(34)39-4)27(21-8-7-9-22(18-21)33(36)37)26(20(2)30-19)29(35)40-17-16-31-12-14-32(15-13-31)23-10-5-6-11-24(23)38-3/h5-11,18,27,30H,12-17H2,1-4H3. The van der Waals surface area contributed by atoms with Crippen molar-refractivity contribution in [2.75, 3.05) is 58.5 Å². The molecule has 11 nitrogen and oxygen atoms in total. The van der Waals surface area contributed by atoms with E-state index >= 15 is 0 Å². The van der Waals surface area contributed by atoms with E-state index in [-0.39, 0.29) is 23.4 Å².